The number of nitrogens with two attached hydrogens (primary N) is 1. The van der Waals surface area contributed by atoms with E-state index in [2.05, 4.69) is 5.32 Å². The van der Waals surface area contributed by atoms with Crippen LogP contribution in [0.25, 0.3) is 0 Å². The second-order valence-electron chi connectivity index (χ2n) is 4.48. The first-order chi connectivity index (χ1) is 8.57. The predicted octanol–water partition coefficient (Wildman–Crippen LogP) is 1.17. The van der Waals surface area contributed by atoms with Crippen molar-refractivity contribution in [1.82, 2.24) is 0 Å². The molecule has 1 aromatic carbocycles. The maximum atomic E-state index is 11.4. The topological polar surface area (TPSA) is 81.4 Å². The molecule has 0 saturated carbocycles. The van der Waals surface area contributed by atoms with Crippen molar-refractivity contribution >= 4 is 15.7 Å². The lowest BCUT2D eigenvalue weighted by atomic mass is 10.0. The molecule has 0 radical (unpaired) electrons. The molecular formula is C12H18N2O3S. The van der Waals surface area contributed by atoms with Crippen molar-refractivity contribution in [2.75, 3.05) is 25.1 Å². The largest absolute Gasteiger partial charge is 0.384 e. The molecule has 1 aliphatic heterocycles. The van der Waals surface area contributed by atoms with Crippen molar-refractivity contribution in [3.8, 4) is 0 Å². The molecule has 2 rings (SSSR count). The summed E-state index contributed by atoms with van der Waals surface area (Å²) in [6.07, 6.45) is 2.01. The fourth-order valence-corrected chi connectivity index (χ4v) is 2.78. The highest BCUT2D eigenvalue weighted by atomic mass is 32.2. The van der Waals surface area contributed by atoms with Gasteiger partial charge in [0.05, 0.1) is 5.69 Å². The molecule has 0 atom stereocenters. The second-order valence-corrected chi connectivity index (χ2v) is 6.01. The first-order valence-corrected chi connectivity index (χ1v) is 7.55. The first-order valence-electron chi connectivity index (χ1n) is 6.01. The lowest BCUT2D eigenvalue weighted by molar-refractivity contribution is 0.0699. The van der Waals surface area contributed by atoms with Gasteiger partial charge in [-0.3, -0.25) is 0 Å². The Morgan fingerprint density at radius 1 is 1.28 bits per heavy atom. The van der Waals surface area contributed by atoms with Gasteiger partial charge < -0.3 is 10.1 Å². The van der Waals surface area contributed by atoms with E-state index in [9.17, 15) is 8.42 Å². The molecule has 3 N–H and O–H groups in total. The van der Waals surface area contributed by atoms with E-state index in [4.69, 9.17) is 9.88 Å². The van der Waals surface area contributed by atoms with Gasteiger partial charge in [-0.25, -0.2) is 13.6 Å². The fraction of sp³-hybridized carbons (Fsp3) is 0.500. The normalized spacial score (nSPS) is 17.6. The summed E-state index contributed by atoms with van der Waals surface area (Å²) in [5.74, 6) is 0.521. The number of ether oxygens (including phenoxy) is 1. The number of nitrogens with one attached hydrogen (secondary N) is 1. The van der Waals surface area contributed by atoms with E-state index in [1.807, 2.05) is 0 Å². The highest BCUT2D eigenvalue weighted by Crippen LogP contribution is 2.21. The lowest BCUT2D eigenvalue weighted by Gasteiger charge is -2.23. The van der Waals surface area contributed by atoms with Crippen molar-refractivity contribution in [3.63, 3.8) is 0 Å². The Hall–Kier alpha value is -1.11. The highest BCUT2D eigenvalue weighted by Gasteiger charge is 2.16. The van der Waals surface area contributed by atoms with Gasteiger partial charge in [0.15, 0.2) is 0 Å². The van der Waals surface area contributed by atoms with Gasteiger partial charge in [-0.15, -0.1) is 0 Å². The molecule has 0 amide bonds. The third-order valence-corrected chi connectivity index (χ3v) is 4.08. The average Bonchev–Trinajstić information content (AvgIpc) is 2.37. The molecule has 0 spiro atoms. The van der Waals surface area contributed by atoms with Gasteiger partial charge in [0.25, 0.3) is 0 Å². The van der Waals surface area contributed by atoms with Crippen LogP contribution in [0, 0.1) is 5.92 Å². The van der Waals surface area contributed by atoms with Crippen LogP contribution in [0.5, 0.6) is 0 Å². The summed E-state index contributed by atoms with van der Waals surface area (Å²) in [5, 5.41) is 8.35. The summed E-state index contributed by atoms with van der Waals surface area (Å²) in [6, 6.07) is 6.71. The van der Waals surface area contributed by atoms with Crippen LogP contribution in [0.2, 0.25) is 0 Å². The predicted molar refractivity (Wildman–Crippen MR) is 69.8 cm³/mol. The molecule has 1 aromatic rings. The van der Waals surface area contributed by atoms with Crippen molar-refractivity contribution in [1.29, 1.82) is 0 Å². The molecule has 1 fully saturated rings. The van der Waals surface area contributed by atoms with E-state index >= 15 is 0 Å². The minimum absolute atomic E-state index is 0.150. The maximum absolute atomic E-state index is 11.4. The Kier molecular flexibility index (Phi) is 4.21. The number of rotatable bonds is 4. The Labute approximate surface area is 107 Å². The van der Waals surface area contributed by atoms with Crippen LogP contribution < -0.4 is 10.5 Å². The molecule has 100 valence electrons. The SMILES string of the molecule is NS(=O)(=O)c1ccccc1NCC1CCOCC1. The summed E-state index contributed by atoms with van der Waals surface area (Å²) >= 11 is 0. The number of primary sulfonamides is 1. The summed E-state index contributed by atoms with van der Waals surface area (Å²) in [6.45, 7) is 2.31. The third-order valence-electron chi connectivity index (χ3n) is 3.12. The van der Waals surface area contributed by atoms with Crippen LogP contribution in [0.1, 0.15) is 12.8 Å². The number of para-hydroxylation sites is 1. The number of sulfonamides is 1. The summed E-state index contributed by atoms with van der Waals surface area (Å²) in [5.41, 5.74) is 0.575. The Morgan fingerprint density at radius 3 is 2.61 bits per heavy atom. The van der Waals surface area contributed by atoms with Gasteiger partial charge >= 0.3 is 0 Å². The minimum atomic E-state index is -3.67. The minimum Gasteiger partial charge on any atom is -0.384 e. The van der Waals surface area contributed by atoms with E-state index in [1.165, 1.54) is 6.07 Å². The van der Waals surface area contributed by atoms with Crippen molar-refractivity contribution in [2.24, 2.45) is 11.1 Å². The Balaban J connectivity index is 2.05. The Morgan fingerprint density at radius 2 is 1.94 bits per heavy atom. The van der Waals surface area contributed by atoms with E-state index in [0.29, 0.717) is 11.6 Å². The molecule has 6 heteroatoms. The van der Waals surface area contributed by atoms with Crippen LogP contribution in [-0.4, -0.2) is 28.2 Å². The van der Waals surface area contributed by atoms with E-state index in [1.54, 1.807) is 18.2 Å². The quantitative estimate of drug-likeness (QED) is 0.860. The van der Waals surface area contributed by atoms with E-state index in [-0.39, 0.29) is 4.90 Å². The van der Waals surface area contributed by atoms with Gasteiger partial charge in [0.2, 0.25) is 10.0 Å². The van der Waals surface area contributed by atoms with Crippen molar-refractivity contribution in [2.45, 2.75) is 17.7 Å². The average molecular weight is 270 g/mol. The fourth-order valence-electron chi connectivity index (χ4n) is 2.07. The zero-order valence-electron chi connectivity index (χ0n) is 10.1. The van der Waals surface area contributed by atoms with Gasteiger partial charge in [0, 0.05) is 19.8 Å². The van der Waals surface area contributed by atoms with Crippen molar-refractivity contribution < 1.29 is 13.2 Å². The van der Waals surface area contributed by atoms with Crippen LogP contribution in [0.4, 0.5) is 5.69 Å². The Bertz CT molecular complexity index is 496. The lowest BCUT2D eigenvalue weighted by Crippen LogP contribution is -2.23. The molecule has 0 unspecified atom stereocenters. The van der Waals surface area contributed by atoms with E-state index < -0.39 is 10.0 Å². The second kappa shape index (κ2) is 5.69. The maximum Gasteiger partial charge on any atom is 0.240 e. The molecule has 1 heterocycles. The molecule has 0 aliphatic carbocycles. The zero-order chi connectivity index (χ0) is 13.0. The van der Waals surface area contributed by atoms with Gasteiger partial charge in [0.1, 0.15) is 4.90 Å². The molecule has 1 aliphatic rings. The zero-order valence-corrected chi connectivity index (χ0v) is 10.9. The van der Waals surface area contributed by atoms with Crippen LogP contribution in [0.15, 0.2) is 29.2 Å². The third kappa shape index (κ3) is 3.44. The number of hydrogen-bond acceptors (Lipinski definition) is 4. The van der Waals surface area contributed by atoms with Gasteiger partial charge in [-0.1, -0.05) is 12.1 Å². The molecule has 1 saturated heterocycles. The monoisotopic (exact) mass is 270 g/mol. The van der Waals surface area contributed by atoms with Gasteiger partial charge in [-0.05, 0) is 30.9 Å². The summed E-state index contributed by atoms with van der Waals surface area (Å²) < 4.78 is 28.1. The highest BCUT2D eigenvalue weighted by molar-refractivity contribution is 7.89. The number of hydrogen-bond donors (Lipinski definition) is 2. The van der Waals surface area contributed by atoms with Crippen LogP contribution in [-0.2, 0) is 14.8 Å². The molecular weight excluding hydrogens is 252 g/mol. The van der Waals surface area contributed by atoms with Crippen LogP contribution >= 0.6 is 0 Å². The smallest absolute Gasteiger partial charge is 0.240 e. The molecule has 0 aromatic heterocycles. The van der Waals surface area contributed by atoms with Crippen LogP contribution in [0.3, 0.4) is 0 Å². The molecule has 5 nitrogen and oxygen atoms in total. The first kappa shape index (κ1) is 13.3. The van der Waals surface area contributed by atoms with Gasteiger partial charge in [-0.2, -0.15) is 0 Å². The molecule has 18 heavy (non-hydrogen) atoms. The number of anilines is 1. The molecule has 0 bridgehead atoms. The van der Waals surface area contributed by atoms with Crippen molar-refractivity contribution in [3.05, 3.63) is 24.3 Å². The van der Waals surface area contributed by atoms with E-state index in [0.717, 1.165) is 32.6 Å². The summed E-state index contributed by atoms with van der Waals surface area (Å²) in [7, 11) is -3.67. The standard InChI is InChI=1S/C12H18N2O3S/c13-18(15,16)12-4-2-1-3-11(12)14-9-10-5-7-17-8-6-10/h1-4,10,14H,5-9H2,(H2,13,15,16). The summed E-state index contributed by atoms with van der Waals surface area (Å²) in [4.78, 5) is 0.150. The number of benzene rings is 1.